The van der Waals surface area contributed by atoms with Crippen molar-refractivity contribution in [3.8, 4) is 0 Å². The average Bonchev–Trinajstić information content (AvgIpc) is 2.48. The first-order chi connectivity index (χ1) is 9.60. The van der Waals surface area contributed by atoms with Crippen LogP contribution in [-0.2, 0) is 11.3 Å². The van der Waals surface area contributed by atoms with Gasteiger partial charge >= 0.3 is 5.97 Å². The number of carboxylic acid groups (broad SMARTS) is 1. The van der Waals surface area contributed by atoms with Crippen LogP contribution in [0.4, 0.5) is 0 Å². The fraction of sp³-hybridized carbons (Fsp3) is 0.588. The van der Waals surface area contributed by atoms with Gasteiger partial charge in [0.05, 0.1) is 5.92 Å². The van der Waals surface area contributed by atoms with E-state index in [4.69, 9.17) is 5.11 Å². The van der Waals surface area contributed by atoms with Crippen molar-refractivity contribution in [3.63, 3.8) is 0 Å². The highest BCUT2D eigenvalue weighted by atomic mass is 16.4. The van der Waals surface area contributed by atoms with Crippen molar-refractivity contribution >= 4 is 5.97 Å². The summed E-state index contributed by atoms with van der Waals surface area (Å²) in [5, 5.41) is 9.01. The second-order valence-corrected chi connectivity index (χ2v) is 5.93. The van der Waals surface area contributed by atoms with Gasteiger partial charge in [-0.3, -0.25) is 9.69 Å². The monoisotopic (exact) mass is 275 g/mol. The molecule has 2 rings (SSSR count). The quantitative estimate of drug-likeness (QED) is 0.894. The summed E-state index contributed by atoms with van der Waals surface area (Å²) >= 11 is 0. The van der Waals surface area contributed by atoms with Gasteiger partial charge < -0.3 is 5.11 Å². The van der Waals surface area contributed by atoms with E-state index in [9.17, 15) is 4.79 Å². The minimum absolute atomic E-state index is 0.427. The molecule has 1 heterocycles. The molecule has 3 nitrogen and oxygen atoms in total. The van der Waals surface area contributed by atoms with Gasteiger partial charge in [-0.05, 0) is 49.9 Å². The Labute approximate surface area is 121 Å². The number of benzene rings is 1. The lowest BCUT2D eigenvalue weighted by molar-refractivity contribution is -0.138. The van der Waals surface area contributed by atoms with E-state index in [1.54, 1.807) is 6.92 Å². The molecule has 1 saturated heterocycles. The standard InChI is InChI=1S/C17H25NO2/c1-3-14-8-10-18(11-9-14)12-15-4-6-16(7-5-15)13(2)17(19)20/h4-7,13-14H,3,8-12H2,1-2H3,(H,19,20). The summed E-state index contributed by atoms with van der Waals surface area (Å²) < 4.78 is 0. The van der Waals surface area contributed by atoms with E-state index in [1.165, 1.54) is 37.9 Å². The lowest BCUT2D eigenvalue weighted by Gasteiger charge is -2.31. The minimum atomic E-state index is -0.764. The van der Waals surface area contributed by atoms with Crippen molar-refractivity contribution in [2.24, 2.45) is 5.92 Å². The van der Waals surface area contributed by atoms with Crippen molar-refractivity contribution in [2.75, 3.05) is 13.1 Å². The third-order valence-corrected chi connectivity index (χ3v) is 4.54. The summed E-state index contributed by atoms with van der Waals surface area (Å²) in [4.78, 5) is 13.5. The first kappa shape index (κ1) is 15.0. The van der Waals surface area contributed by atoms with E-state index in [-0.39, 0.29) is 0 Å². The van der Waals surface area contributed by atoms with E-state index < -0.39 is 11.9 Å². The average molecular weight is 275 g/mol. The smallest absolute Gasteiger partial charge is 0.310 e. The van der Waals surface area contributed by atoms with Gasteiger partial charge in [0.2, 0.25) is 0 Å². The fourth-order valence-corrected chi connectivity index (χ4v) is 2.87. The molecule has 0 amide bonds. The second kappa shape index (κ2) is 6.89. The van der Waals surface area contributed by atoms with Gasteiger partial charge in [-0.15, -0.1) is 0 Å². The second-order valence-electron chi connectivity index (χ2n) is 5.93. The van der Waals surface area contributed by atoms with Crippen LogP contribution in [0.2, 0.25) is 0 Å². The van der Waals surface area contributed by atoms with Crippen LogP contribution in [0.15, 0.2) is 24.3 Å². The lowest BCUT2D eigenvalue weighted by Crippen LogP contribution is -2.32. The Kier molecular flexibility index (Phi) is 5.18. The number of hydrogen-bond acceptors (Lipinski definition) is 2. The zero-order valence-corrected chi connectivity index (χ0v) is 12.5. The van der Waals surface area contributed by atoms with Crippen molar-refractivity contribution in [1.29, 1.82) is 0 Å². The topological polar surface area (TPSA) is 40.5 Å². The molecule has 0 saturated carbocycles. The molecule has 1 N–H and O–H groups in total. The molecule has 3 heteroatoms. The molecule has 1 atom stereocenters. The summed E-state index contributed by atoms with van der Waals surface area (Å²) in [5.41, 5.74) is 2.16. The number of likely N-dealkylation sites (tertiary alicyclic amines) is 1. The van der Waals surface area contributed by atoms with E-state index in [2.05, 4.69) is 24.0 Å². The SMILES string of the molecule is CCC1CCN(Cc2ccc(C(C)C(=O)O)cc2)CC1. The first-order valence-corrected chi connectivity index (χ1v) is 7.64. The van der Waals surface area contributed by atoms with Crippen molar-refractivity contribution in [1.82, 2.24) is 4.90 Å². The van der Waals surface area contributed by atoms with Gasteiger partial charge in [-0.2, -0.15) is 0 Å². The molecule has 1 aliphatic heterocycles. The molecule has 0 spiro atoms. The molecule has 0 radical (unpaired) electrons. The van der Waals surface area contributed by atoms with Gasteiger partial charge in [0, 0.05) is 6.54 Å². The molecule has 1 unspecified atom stereocenters. The molecule has 0 aliphatic carbocycles. The summed E-state index contributed by atoms with van der Waals surface area (Å²) in [6.45, 7) is 7.37. The Morgan fingerprint density at radius 1 is 1.30 bits per heavy atom. The normalized spacial score (nSPS) is 18.9. The van der Waals surface area contributed by atoms with Crippen LogP contribution in [0.25, 0.3) is 0 Å². The molecular formula is C17H25NO2. The van der Waals surface area contributed by atoms with Crippen molar-refractivity contribution < 1.29 is 9.90 Å². The molecule has 110 valence electrons. The number of carbonyl (C=O) groups is 1. The van der Waals surface area contributed by atoms with Crippen LogP contribution in [0, 0.1) is 5.92 Å². The number of piperidine rings is 1. The van der Waals surface area contributed by atoms with Gasteiger partial charge in [0.1, 0.15) is 0 Å². The van der Waals surface area contributed by atoms with E-state index in [0.717, 1.165) is 18.0 Å². The van der Waals surface area contributed by atoms with Crippen LogP contribution in [0.1, 0.15) is 50.2 Å². The molecule has 0 aromatic heterocycles. The summed E-state index contributed by atoms with van der Waals surface area (Å²) in [6, 6.07) is 8.04. The third kappa shape index (κ3) is 3.83. The van der Waals surface area contributed by atoms with Crippen LogP contribution < -0.4 is 0 Å². The van der Waals surface area contributed by atoms with Gasteiger partial charge in [0.25, 0.3) is 0 Å². The highest BCUT2D eigenvalue weighted by Gasteiger charge is 2.18. The molecule has 20 heavy (non-hydrogen) atoms. The highest BCUT2D eigenvalue weighted by Crippen LogP contribution is 2.22. The zero-order valence-electron chi connectivity index (χ0n) is 12.5. The van der Waals surface area contributed by atoms with E-state index in [0.29, 0.717) is 0 Å². The Bertz CT molecular complexity index is 433. The maximum Gasteiger partial charge on any atom is 0.310 e. The number of carboxylic acids is 1. The maximum absolute atomic E-state index is 11.0. The number of rotatable bonds is 5. The van der Waals surface area contributed by atoms with Crippen LogP contribution in [0.5, 0.6) is 0 Å². The molecule has 1 aromatic carbocycles. The van der Waals surface area contributed by atoms with Gasteiger partial charge in [-0.25, -0.2) is 0 Å². The van der Waals surface area contributed by atoms with Gasteiger partial charge in [0.15, 0.2) is 0 Å². The molecule has 1 aliphatic rings. The largest absolute Gasteiger partial charge is 0.481 e. The van der Waals surface area contributed by atoms with E-state index in [1.807, 2.05) is 12.1 Å². The predicted molar refractivity (Wildman–Crippen MR) is 80.8 cm³/mol. The van der Waals surface area contributed by atoms with Crippen LogP contribution in [-0.4, -0.2) is 29.1 Å². The fourth-order valence-electron chi connectivity index (χ4n) is 2.87. The van der Waals surface area contributed by atoms with Crippen molar-refractivity contribution in [3.05, 3.63) is 35.4 Å². The predicted octanol–water partition coefficient (Wildman–Crippen LogP) is 3.50. The Morgan fingerprint density at radius 3 is 2.40 bits per heavy atom. The van der Waals surface area contributed by atoms with Gasteiger partial charge in [-0.1, -0.05) is 37.6 Å². The molecule has 0 bridgehead atoms. The first-order valence-electron chi connectivity index (χ1n) is 7.64. The summed E-state index contributed by atoms with van der Waals surface area (Å²) in [5.74, 6) is -0.284. The Hall–Kier alpha value is -1.35. The summed E-state index contributed by atoms with van der Waals surface area (Å²) in [6.07, 6.45) is 3.92. The van der Waals surface area contributed by atoms with Crippen LogP contribution in [0.3, 0.4) is 0 Å². The minimum Gasteiger partial charge on any atom is -0.481 e. The van der Waals surface area contributed by atoms with Crippen molar-refractivity contribution in [2.45, 2.75) is 45.6 Å². The number of aliphatic carboxylic acids is 1. The number of nitrogens with zero attached hydrogens (tertiary/aromatic N) is 1. The molecule has 1 fully saturated rings. The summed E-state index contributed by atoms with van der Waals surface area (Å²) in [7, 11) is 0. The number of hydrogen-bond donors (Lipinski definition) is 1. The molecular weight excluding hydrogens is 250 g/mol. The third-order valence-electron chi connectivity index (χ3n) is 4.54. The van der Waals surface area contributed by atoms with Crippen LogP contribution >= 0.6 is 0 Å². The molecule has 1 aromatic rings. The Balaban J connectivity index is 1.89. The zero-order chi connectivity index (χ0) is 14.5. The lowest BCUT2D eigenvalue weighted by atomic mass is 9.94. The highest BCUT2D eigenvalue weighted by molar-refractivity contribution is 5.75. The Morgan fingerprint density at radius 2 is 1.90 bits per heavy atom. The van der Waals surface area contributed by atoms with E-state index >= 15 is 0 Å². The maximum atomic E-state index is 11.0.